The SMILES string of the molecule is CC(C)c1cc(C(=O)NC2CCCCCC2C)cc(Cl)n1. The number of hydrogen-bond acceptors (Lipinski definition) is 2. The number of rotatable bonds is 3. The van der Waals surface area contributed by atoms with Crippen LogP contribution < -0.4 is 5.32 Å². The van der Waals surface area contributed by atoms with Crippen LogP contribution in [0.1, 0.15) is 74.8 Å². The second kappa shape index (κ2) is 7.26. The molecule has 1 aromatic rings. The molecule has 2 unspecified atom stereocenters. The Morgan fingerprint density at radius 1 is 1.29 bits per heavy atom. The monoisotopic (exact) mass is 308 g/mol. The van der Waals surface area contributed by atoms with Gasteiger partial charge in [0.1, 0.15) is 5.15 Å². The number of nitrogens with one attached hydrogen (secondary N) is 1. The number of carbonyl (C=O) groups excluding carboxylic acids is 1. The highest BCUT2D eigenvalue weighted by molar-refractivity contribution is 6.29. The fourth-order valence-electron chi connectivity index (χ4n) is 2.90. The van der Waals surface area contributed by atoms with Crippen molar-refractivity contribution in [2.45, 2.75) is 64.8 Å². The number of halogens is 1. The second-order valence-electron chi connectivity index (χ2n) is 6.45. The Morgan fingerprint density at radius 3 is 2.71 bits per heavy atom. The summed E-state index contributed by atoms with van der Waals surface area (Å²) in [5.74, 6) is 0.769. The van der Waals surface area contributed by atoms with E-state index < -0.39 is 0 Å². The van der Waals surface area contributed by atoms with E-state index in [-0.39, 0.29) is 17.9 Å². The number of hydrogen-bond donors (Lipinski definition) is 1. The fraction of sp³-hybridized carbons (Fsp3) is 0.647. The van der Waals surface area contributed by atoms with E-state index in [0.717, 1.165) is 12.1 Å². The number of amides is 1. The molecule has 1 aliphatic rings. The van der Waals surface area contributed by atoms with Crippen molar-refractivity contribution in [3.63, 3.8) is 0 Å². The molecule has 2 rings (SSSR count). The molecule has 0 radical (unpaired) electrons. The largest absolute Gasteiger partial charge is 0.349 e. The standard InChI is InChI=1S/C17H25ClN2O/c1-11(2)15-9-13(10-16(18)19-15)17(21)20-14-8-6-4-5-7-12(14)3/h9-12,14H,4-8H2,1-3H3,(H,20,21). The molecule has 4 heteroatoms. The maximum Gasteiger partial charge on any atom is 0.251 e. The summed E-state index contributed by atoms with van der Waals surface area (Å²) in [5.41, 5.74) is 1.48. The molecule has 0 aromatic carbocycles. The summed E-state index contributed by atoms with van der Waals surface area (Å²) in [5, 5.41) is 3.58. The molecule has 1 aromatic heterocycles. The molecule has 0 saturated heterocycles. The van der Waals surface area contributed by atoms with Gasteiger partial charge >= 0.3 is 0 Å². The summed E-state index contributed by atoms with van der Waals surface area (Å²) in [4.78, 5) is 16.8. The third-order valence-corrected chi connectivity index (χ3v) is 4.54. The number of aromatic nitrogens is 1. The van der Waals surface area contributed by atoms with Gasteiger partial charge in [0.15, 0.2) is 0 Å². The molecule has 1 N–H and O–H groups in total. The first-order valence-electron chi connectivity index (χ1n) is 7.95. The molecule has 1 aliphatic carbocycles. The highest BCUT2D eigenvalue weighted by Gasteiger charge is 2.22. The number of pyridine rings is 1. The first-order valence-corrected chi connectivity index (χ1v) is 8.33. The van der Waals surface area contributed by atoms with Gasteiger partial charge in [-0.15, -0.1) is 0 Å². The zero-order valence-corrected chi connectivity index (χ0v) is 13.9. The summed E-state index contributed by atoms with van der Waals surface area (Å²) in [6.45, 7) is 6.33. The van der Waals surface area contributed by atoms with Gasteiger partial charge in [-0.2, -0.15) is 0 Å². The van der Waals surface area contributed by atoms with Gasteiger partial charge in [0.05, 0.1) is 0 Å². The van der Waals surface area contributed by atoms with E-state index in [0.29, 0.717) is 16.6 Å². The lowest BCUT2D eigenvalue weighted by atomic mass is 9.96. The van der Waals surface area contributed by atoms with E-state index >= 15 is 0 Å². The Bertz CT molecular complexity index is 502. The van der Waals surface area contributed by atoms with Crippen molar-refractivity contribution < 1.29 is 4.79 Å². The average molecular weight is 309 g/mol. The Hall–Kier alpha value is -1.09. The summed E-state index contributed by atoms with van der Waals surface area (Å²) in [6.07, 6.45) is 6.01. The van der Waals surface area contributed by atoms with Crippen molar-refractivity contribution in [2.24, 2.45) is 5.92 Å². The summed E-state index contributed by atoms with van der Waals surface area (Å²) >= 11 is 6.04. The molecular formula is C17H25ClN2O. The van der Waals surface area contributed by atoms with Gasteiger partial charge in [0.25, 0.3) is 5.91 Å². The van der Waals surface area contributed by atoms with E-state index in [1.54, 1.807) is 6.07 Å². The van der Waals surface area contributed by atoms with Crippen LogP contribution in [0, 0.1) is 5.92 Å². The normalized spacial score (nSPS) is 22.9. The Labute approximate surface area is 132 Å². The Balaban J connectivity index is 2.12. The van der Waals surface area contributed by atoms with Gasteiger partial charge in [-0.05, 0) is 36.8 Å². The van der Waals surface area contributed by atoms with Gasteiger partial charge in [-0.1, -0.05) is 51.6 Å². The molecule has 0 bridgehead atoms. The molecule has 21 heavy (non-hydrogen) atoms. The lowest BCUT2D eigenvalue weighted by Gasteiger charge is -2.23. The molecule has 1 heterocycles. The molecular weight excluding hydrogens is 284 g/mol. The maximum atomic E-state index is 12.5. The molecule has 0 spiro atoms. The summed E-state index contributed by atoms with van der Waals surface area (Å²) in [6, 6.07) is 3.78. The van der Waals surface area contributed by atoms with Crippen molar-refractivity contribution in [1.29, 1.82) is 0 Å². The molecule has 116 valence electrons. The highest BCUT2D eigenvalue weighted by Crippen LogP contribution is 2.24. The van der Waals surface area contributed by atoms with Crippen molar-refractivity contribution in [3.8, 4) is 0 Å². The minimum absolute atomic E-state index is 0.0278. The van der Waals surface area contributed by atoms with Gasteiger partial charge < -0.3 is 5.32 Å². The Kier molecular flexibility index (Phi) is 5.63. The predicted octanol–water partition coefficient (Wildman–Crippen LogP) is 4.56. The van der Waals surface area contributed by atoms with E-state index in [1.807, 2.05) is 19.9 Å². The van der Waals surface area contributed by atoms with Crippen LogP contribution in [0.5, 0.6) is 0 Å². The van der Waals surface area contributed by atoms with Crippen LogP contribution >= 0.6 is 11.6 Å². The van der Waals surface area contributed by atoms with Gasteiger partial charge in [-0.3, -0.25) is 4.79 Å². The van der Waals surface area contributed by atoms with Gasteiger partial charge in [0, 0.05) is 17.3 Å². The van der Waals surface area contributed by atoms with Crippen LogP contribution in [0.3, 0.4) is 0 Å². The molecule has 2 atom stereocenters. The molecule has 1 fully saturated rings. The molecule has 1 saturated carbocycles. The predicted molar refractivity (Wildman–Crippen MR) is 86.8 cm³/mol. The summed E-state index contributed by atoms with van der Waals surface area (Å²) < 4.78 is 0. The van der Waals surface area contributed by atoms with Crippen LogP contribution in [-0.4, -0.2) is 16.9 Å². The molecule has 0 aliphatic heterocycles. The van der Waals surface area contributed by atoms with E-state index in [4.69, 9.17) is 11.6 Å². The first-order chi connectivity index (χ1) is 9.97. The van der Waals surface area contributed by atoms with Gasteiger partial charge in [-0.25, -0.2) is 4.98 Å². The van der Waals surface area contributed by atoms with Crippen LogP contribution in [0.2, 0.25) is 5.15 Å². The van der Waals surface area contributed by atoms with E-state index in [1.165, 1.54) is 25.7 Å². The lowest BCUT2D eigenvalue weighted by Crippen LogP contribution is -2.38. The van der Waals surface area contributed by atoms with Crippen molar-refractivity contribution in [2.75, 3.05) is 0 Å². The minimum Gasteiger partial charge on any atom is -0.349 e. The zero-order valence-electron chi connectivity index (χ0n) is 13.2. The Morgan fingerprint density at radius 2 is 2.00 bits per heavy atom. The highest BCUT2D eigenvalue weighted by atomic mass is 35.5. The average Bonchev–Trinajstić information content (AvgIpc) is 2.63. The van der Waals surface area contributed by atoms with E-state index in [2.05, 4.69) is 17.2 Å². The summed E-state index contributed by atoms with van der Waals surface area (Å²) in [7, 11) is 0. The van der Waals surface area contributed by atoms with Crippen LogP contribution in [0.15, 0.2) is 12.1 Å². The number of carbonyl (C=O) groups is 1. The van der Waals surface area contributed by atoms with Crippen LogP contribution in [-0.2, 0) is 0 Å². The van der Waals surface area contributed by atoms with E-state index in [9.17, 15) is 4.79 Å². The second-order valence-corrected chi connectivity index (χ2v) is 6.84. The smallest absolute Gasteiger partial charge is 0.251 e. The molecule has 1 amide bonds. The lowest BCUT2D eigenvalue weighted by molar-refractivity contribution is 0.0921. The maximum absolute atomic E-state index is 12.5. The van der Waals surface area contributed by atoms with Crippen LogP contribution in [0.4, 0.5) is 0 Å². The third kappa shape index (κ3) is 4.44. The number of nitrogens with zero attached hydrogens (tertiary/aromatic N) is 1. The van der Waals surface area contributed by atoms with Gasteiger partial charge in [0.2, 0.25) is 0 Å². The third-order valence-electron chi connectivity index (χ3n) is 4.35. The quantitative estimate of drug-likeness (QED) is 0.657. The van der Waals surface area contributed by atoms with Crippen LogP contribution in [0.25, 0.3) is 0 Å². The minimum atomic E-state index is -0.0278. The fourth-order valence-corrected chi connectivity index (χ4v) is 3.12. The van der Waals surface area contributed by atoms with Crippen molar-refractivity contribution >= 4 is 17.5 Å². The zero-order chi connectivity index (χ0) is 15.4. The topological polar surface area (TPSA) is 42.0 Å². The molecule has 3 nitrogen and oxygen atoms in total. The van der Waals surface area contributed by atoms with Crippen molar-refractivity contribution in [3.05, 3.63) is 28.5 Å². The first kappa shape index (κ1) is 16.3. The van der Waals surface area contributed by atoms with Crippen molar-refractivity contribution in [1.82, 2.24) is 10.3 Å².